The van der Waals surface area contributed by atoms with Gasteiger partial charge in [-0.3, -0.25) is 0 Å². The average molecular weight is 752 g/mol. The van der Waals surface area contributed by atoms with Crippen molar-refractivity contribution in [2.45, 2.75) is 0 Å². The maximum atomic E-state index is 2.49. The molecule has 0 aliphatic heterocycles. The summed E-state index contributed by atoms with van der Waals surface area (Å²) in [5.41, 5.74) is 12.7. The van der Waals surface area contributed by atoms with Crippen molar-refractivity contribution in [3.05, 3.63) is 224 Å². The standard InChI is InChI=1S/C56H37N3/c1-3-13-38(14-4-1)45-26-31-53-51(36-45)55-56(58(53)46-21-5-2-6-22-46)52-37-50(30-32-54(52)59(55)49-29-25-41-17-9-12-20-44(41)35-49)57(47-27-23-39-15-7-10-18-42(39)33-47)48-28-24-40-16-8-11-19-43(40)34-48/h1-37H. The first-order chi connectivity index (χ1) is 29.2. The number of para-hydroxylation sites is 1. The molecule has 3 heteroatoms. The van der Waals surface area contributed by atoms with E-state index in [4.69, 9.17) is 0 Å². The van der Waals surface area contributed by atoms with Crippen molar-refractivity contribution in [1.82, 2.24) is 9.13 Å². The second kappa shape index (κ2) is 13.4. The highest BCUT2D eigenvalue weighted by Gasteiger charge is 2.24. The van der Waals surface area contributed by atoms with Gasteiger partial charge in [0, 0.05) is 39.2 Å². The fraction of sp³-hybridized carbons (Fsp3) is 0. The van der Waals surface area contributed by atoms with Gasteiger partial charge >= 0.3 is 0 Å². The Hall–Kier alpha value is -7.88. The Morgan fingerprint density at radius 3 is 1.32 bits per heavy atom. The minimum Gasteiger partial charge on any atom is -0.310 e. The van der Waals surface area contributed by atoms with Gasteiger partial charge in [-0.2, -0.15) is 0 Å². The molecule has 0 radical (unpaired) electrons. The zero-order valence-electron chi connectivity index (χ0n) is 32.2. The highest BCUT2D eigenvalue weighted by Crippen LogP contribution is 2.45. The Morgan fingerprint density at radius 2 is 0.712 bits per heavy atom. The number of rotatable bonds is 6. The van der Waals surface area contributed by atoms with Crippen LogP contribution in [0, 0.1) is 0 Å². The van der Waals surface area contributed by atoms with Crippen molar-refractivity contribution in [1.29, 1.82) is 0 Å². The number of fused-ring (bicyclic) bond motifs is 8. The number of anilines is 3. The molecule has 2 heterocycles. The molecule has 2 aromatic heterocycles. The van der Waals surface area contributed by atoms with E-state index in [0.717, 1.165) is 34.0 Å². The van der Waals surface area contributed by atoms with E-state index in [0.29, 0.717) is 0 Å². The molecule has 12 rings (SSSR count). The normalized spacial score (nSPS) is 11.7. The molecule has 0 spiro atoms. The fourth-order valence-electron chi connectivity index (χ4n) is 9.24. The molecule has 0 saturated heterocycles. The molecular weight excluding hydrogens is 715 g/mol. The first-order valence-electron chi connectivity index (χ1n) is 20.3. The van der Waals surface area contributed by atoms with Gasteiger partial charge in [0.1, 0.15) is 0 Å². The van der Waals surface area contributed by atoms with E-state index in [-0.39, 0.29) is 0 Å². The number of nitrogens with zero attached hydrogens (tertiary/aromatic N) is 3. The SMILES string of the molecule is c1ccc(-c2ccc3c(c2)c2c(c4cc(N(c5ccc6ccccc6c5)c5ccc6ccccc6c5)ccc4n2-c2ccc4ccccc4c2)n3-c2ccccc2)cc1. The average Bonchev–Trinajstić information content (AvgIpc) is 3.81. The molecule has 3 nitrogen and oxygen atoms in total. The topological polar surface area (TPSA) is 13.1 Å². The molecule has 0 atom stereocenters. The quantitative estimate of drug-likeness (QED) is 0.165. The summed E-state index contributed by atoms with van der Waals surface area (Å²) in [5.74, 6) is 0. The second-order valence-corrected chi connectivity index (χ2v) is 15.4. The number of benzene rings is 10. The molecule has 0 saturated carbocycles. The van der Waals surface area contributed by atoms with Gasteiger partial charge in [-0.05, 0) is 122 Å². The highest BCUT2D eigenvalue weighted by atomic mass is 15.1. The molecule has 0 aliphatic carbocycles. The maximum Gasteiger partial charge on any atom is 0.0804 e. The Morgan fingerprint density at radius 1 is 0.271 bits per heavy atom. The summed E-state index contributed by atoms with van der Waals surface area (Å²) in [7, 11) is 0. The predicted molar refractivity (Wildman–Crippen MR) is 250 cm³/mol. The Balaban J connectivity index is 1.20. The molecule has 59 heavy (non-hydrogen) atoms. The fourth-order valence-corrected chi connectivity index (χ4v) is 9.24. The summed E-state index contributed by atoms with van der Waals surface area (Å²) in [6.45, 7) is 0. The minimum atomic E-state index is 1.09. The van der Waals surface area contributed by atoms with E-state index in [9.17, 15) is 0 Å². The van der Waals surface area contributed by atoms with E-state index in [1.54, 1.807) is 0 Å². The highest BCUT2D eigenvalue weighted by molar-refractivity contribution is 6.21. The van der Waals surface area contributed by atoms with Crippen molar-refractivity contribution in [3.63, 3.8) is 0 Å². The third-order valence-corrected chi connectivity index (χ3v) is 12.0. The predicted octanol–water partition coefficient (Wildman–Crippen LogP) is 15.3. The van der Waals surface area contributed by atoms with Crippen LogP contribution >= 0.6 is 0 Å². The van der Waals surface area contributed by atoms with Crippen LogP contribution in [0.15, 0.2) is 224 Å². The first-order valence-corrected chi connectivity index (χ1v) is 20.3. The van der Waals surface area contributed by atoms with Crippen molar-refractivity contribution < 1.29 is 0 Å². The lowest BCUT2D eigenvalue weighted by Gasteiger charge is -2.26. The largest absolute Gasteiger partial charge is 0.310 e. The maximum absolute atomic E-state index is 2.49. The van der Waals surface area contributed by atoms with Gasteiger partial charge in [-0.15, -0.1) is 0 Å². The lowest BCUT2D eigenvalue weighted by atomic mass is 10.0. The number of hydrogen-bond donors (Lipinski definition) is 0. The monoisotopic (exact) mass is 751 g/mol. The van der Waals surface area contributed by atoms with Crippen LogP contribution in [-0.4, -0.2) is 9.13 Å². The Kier molecular flexibility index (Phi) is 7.54. The zero-order valence-corrected chi connectivity index (χ0v) is 32.2. The Labute approximate surface area is 341 Å². The first kappa shape index (κ1) is 33.3. The van der Waals surface area contributed by atoms with E-state index >= 15 is 0 Å². The van der Waals surface area contributed by atoms with Gasteiger partial charge in [-0.1, -0.05) is 146 Å². The van der Waals surface area contributed by atoms with E-state index in [1.165, 1.54) is 70.8 Å². The van der Waals surface area contributed by atoms with Crippen LogP contribution in [0.3, 0.4) is 0 Å². The van der Waals surface area contributed by atoms with Crippen LogP contribution in [0.4, 0.5) is 17.1 Å². The summed E-state index contributed by atoms with van der Waals surface area (Å²) in [4.78, 5) is 2.42. The van der Waals surface area contributed by atoms with E-state index < -0.39 is 0 Å². The van der Waals surface area contributed by atoms with Gasteiger partial charge in [0.25, 0.3) is 0 Å². The molecular formula is C56H37N3. The molecule has 0 fully saturated rings. The number of hydrogen-bond acceptors (Lipinski definition) is 1. The molecule has 0 N–H and O–H groups in total. The van der Waals surface area contributed by atoms with Crippen LogP contribution in [0.25, 0.3) is 87.7 Å². The van der Waals surface area contributed by atoms with Gasteiger partial charge in [0.05, 0.1) is 22.1 Å². The summed E-state index contributed by atoms with van der Waals surface area (Å²) < 4.78 is 4.97. The van der Waals surface area contributed by atoms with Gasteiger partial charge in [-0.25, -0.2) is 0 Å². The third-order valence-electron chi connectivity index (χ3n) is 12.0. The third kappa shape index (κ3) is 5.44. The molecule has 276 valence electrons. The summed E-state index contributed by atoms with van der Waals surface area (Å²) in [6, 6.07) is 81.9. The molecule has 0 amide bonds. The lowest BCUT2D eigenvalue weighted by molar-refractivity contribution is 1.18. The molecule has 0 aliphatic rings. The van der Waals surface area contributed by atoms with Gasteiger partial charge < -0.3 is 14.0 Å². The van der Waals surface area contributed by atoms with Crippen molar-refractivity contribution >= 4 is 82.2 Å². The van der Waals surface area contributed by atoms with Crippen molar-refractivity contribution in [2.24, 2.45) is 0 Å². The number of aromatic nitrogens is 2. The summed E-state index contributed by atoms with van der Waals surface area (Å²) >= 11 is 0. The zero-order chi connectivity index (χ0) is 38.9. The van der Waals surface area contributed by atoms with Gasteiger partial charge in [0.2, 0.25) is 0 Å². The lowest BCUT2D eigenvalue weighted by Crippen LogP contribution is -2.10. The van der Waals surface area contributed by atoms with Crippen molar-refractivity contribution in [2.75, 3.05) is 4.90 Å². The minimum absolute atomic E-state index is 1.09. The summed E-state index contributed by atoms with van der Waals surface area (Å²) in [6.07, 6.45) is 0. The molecule has 0 unspecified atom stereocenters. The van der Waals surface area contributed by atoms with Crippen LogP contribution in [0.2, 0.25) is 0 Å². The van der Waals surface area contributed by atoms with Gasteiger partial charge in [0.15, 0.2) is 0 Å². The van der Waals surface area contributed by atoms with Crippen LogP contribution in [0.1, 0.15) is 0 Å². The van der Waals surface area contributed by atoms with Crippen LogP contribution in [-0.2, 0) is 0 Å². The second-order valence-electron chi connectivity index (χ2n) is 15.4. The molecule has 10 aromatic carbocycles. The molecule has 12 aromatic rings. The van der Waals surface area contributed by atoms with E-state index in [2.05, 4.69) is 238 Å². The van der Waals surface area contributed by atoms with Crippen LogP contribution in [0.5, 0.6) is 0 Å². The molecule has 0 bridgehead atoms. The van der Waals surface area contributed by atoms with Crippen molar-refractivity contribution in [3.8, 4) is 22.5 Å². The Bertz CT molecular complexity index is 3480. The van der Waals surface area contributed by atoms with E-state index in [1.807, 2.05) is 0 Å². The summed E-state index contributed by atoms with van der Waals surface area (Å²) in [5, 5.41) is 9.69. The smallest absolute Gasteiger partial charge is 0.0804 e. The van der Waals surface area contributed by atoms with Crippen LogP contribution < -0.4 is 4.90 Å².